The van der Waals surface area contributed by atoms with E-state index < -0.39 is 24.3 Å². The minimum absolute atomic E-state index is 0.233. The molecule has 2 aromatic carbocycles. The van der Waals surface area contributed by atoms with Gasteiger partial charge in [-0.2, -0.15) is 0 Å². The minimum Gasteiger partial charge on any atom is -0.469 e. The lowest BCUT2D eigenvalue weighted by Crippen LogP contribution is -2.15. The summed E-state index contributed by atoms with van der Waals surface area (Å²) >= 11 is 12.3. The molecule has 1 atom stereocenters. The predicted octanol–water partition coefficient (Wildman–Crippen LogP) is 4.70. The highest BCUT2D eigenvalue weighted by molar-refractivity contribution is 6.36. The van der Waals surface area contributed by atoms with Crippen LogP contribution in [0, 0.1) is 5.82 Å². The van der Waals surface area contributed by atoms with Crippen LogP contribution in [0.25, 0.3) is 17.2 Å². The van der Waals surface area contributed by atoms with Gasteiger partial charge in [0.2, 0.25) is 0 Å². The van der Waals surface area contributed by atoms with Crippen molar-refractivity contribution in [3.05, 3.63) is 63.9 Å². The smallest absolute Gasteiger partial charge is 0.313 e. The van der Waals surface area contributed by atoms with Gasteiger partial charge in [0, 0.05) is 22.0 Å². The molecule has 27 heavy (non-hydrogen) atoms. The van der Waals surface area contributed by atoms with Crippen molar-refractivity contribution >= 4 is 41.0 Å². The normalized spacial score (nSPS) is 12.2. The molecule has 1 unspecified atom stereocenters. The van der Waals surface area contributed by atoms with Gasteiger partial charge in [-0.3, -0.25) is 9.59 Å². The van der Waals surface area contributed by atoms with Crippen molar-refractivity contribution in [2.24, 2.45) is 0 Å². The molecule has 0 spiro atoms. The lowest BCUT2D eigenvalue weighted by atomic mass is 9.98. The molecule has 0 saturated heterocycles. The molecule has 2 rings (SSSR count). The van der Waals surface area contributed by atoms with E-state index in [4.69, 9.17) is 23.2 Å². The van der Waals surface area contributed by atoms with E-state index in [1.54, 1.807) is 30.3 Å². The van der Waals surface area contributed by atoms with E-state index >= 15 is 0 Å². The maximum Gasteiger partial charge on any atom is 0.313 e. The lowest BCUT2D eigenvalue weighted by molar-refractivity contribution is -0.143. The van der Waals surface area contributed by atoms with E-state index in [1.165, 1.54) is 25.3 Å². The zero-order valence-electron chi connectivity index (χ0n) is 14.4. The summed E-state index contributed by atoms with van der Waals surface area (Å²) in [5.41, 5.74) is 1.90. The Morgan fingerprint density at radius 1 is 1.22 bits per heavy atom. The summed E-state index contributed by atoms with van der Waals surface area (Å²) in [6.45, 7) is 0. The molecule has 0 aliphatic rings. The highest BCUT2D eigenvalue weighted by atomic mass is 35.5. The predicted molar refractivity (Wildman–Crippen MR) is 103 cm³/mol. The molecule has 4 nitrogen and oxygen atoms in total. The Morgan fingerprint density at radius 2 is 1.89 bits per heavy atom. The molecule has 0 radical (unpaired) electrons. The fourth-order valence-electron chi connectivity index (χ4n) is 2.44. The molecule has 0 heterocycles. The van der Waals surface area contributed by atoms with E-state index in [1.807, 2.05) is 0 Å². The van der Waals surface area contributed by atoms with Crippen LogP contribution < -0.4 is 0 Å². The largest absolute Gasteiger partial charge is 0.469 e. The quantitative estimate of drug-likeness (QED) is 0.530. The monoisotopic (exact) mass is 410 g/mol. The third-order valence-electron chi connectivity index (χ3n) is 3.74. The Hall–Kier alpha value is -2.21. The van der Waals surface area contributed by atoms with Crippen LogP contribution in [0.4, 0.5) is 4.39 Å². The minimum atomic E-state index is -1.10. The molecule has 7 heteroatoms. The van der Waals surface area contributed by atoms with E-state index in [9.17, 15) is 19.1 Å². The topological polar surface area (TPSA) is 63.6 Å². The van der Waals surface area contributed by atoms with Crippen molar-refractivity contribution in [1.29, 1.82) is 0 Å². The van der Waals surface area contributed by atoms with Crippen LogP contribution in [0.3, 0.4) is 0 Å². The van der Waals surface area contributed by atoms with Crippen molar-refractivity contribution in [2.75, 3.05) is 7.11 Å². The Kier molecular flexibility index (Phi) is 7.54. The lowest BCUT2D eigenvalue weighted by Gasteiger charge is -2.11. The summed E-state index contributed by atoms with van der Waals surface area (Å²) < 4.78 is 17.6. The number of halogens is 3. The van der Waals surface area contributed by atoms with Crippen molar-refractivity contribution in [2.45, 2.75) is 18.9 Å². The summed E-state index contributed by atoms with van der Waals surface area (Å²) in [5, 5.41) is 10.8. The number of ketones is 1. The standard InChI is InChI=1S/C20H17Cl2FO4/c1-27-20(26)11-16(25)10-15(24)6-7-17-18(8-13(21)9-19(17)22)12-2-4-14(23)5-3-12/h2-9,15,24H,10-11H2,1H3/b7-6+. The van der Waals surface area contributed by atoms with Crippen LogP contribution in [-0.2, 0) is 14.3 Å². The molecule has 0 aromatic heterocycles. The maximum absolute atomic E-state index is 13.2. The van der Waals surface area contributed by atoms with Gasteiger partial charge >= 0.3 is 5.97 Å². The van der Waals surface area contributed by atoms with Crippen LogP contribution in [-0.4, -0.2) is 30.1 Å². The van der Waals surface area contributed by atoms with Crippen LogP contribution in [0.5, 0.6) is 0 Å². The Labute approximate surface area is 166 Å². The first-order valence-electron chi connectivity index (χ1n) is 8.00. The molecule has 0 amide bonds. The molecule has 142 valence electrons. The number of carbonyl (C=O) groups is 2. The van der Waals surface area contributed by atoms with Gasteiger partial charge in [0.1, 0.15) is 18.0 Å². The van der Waals surface area contributed by atoms with Crippen LogP contribution in [0.2, 0.25) is 10.0 Å². The van der Waals surface area contributed by atoms with Gasteiger partial charge in [-0.25, -0.2) is 4.39 Å². The molecular weight excluding hydrogens is 394 g/mol. The first-order chi connectivity index (χ1) is 12.8. The zero-order valence-corrected chi connectivity index (χ0v) is 15.9. The van der Waals surface area contributed by atoms with Gasteiger partial charge in [0.15, 0.2) is 0 Å². The third-order valence-corrected chi connectivity index (χ3v) is 4.27. The van der Waals surface area contributed by atoms with E-state index in [-0.39, 0.29) is 12.2 Å². The summed E-state index contributed by atoms with van der Waals surface area (Å²) in [6.07, 6.45) is 1.23. The number of carbonyl (C=O) groups excluding carboxylic acids is 2. The highest BCUT2D eigenvalue weighted by Gasteiger charge is 2.14. The Morgan fingerprint density at radius 3 is 2.52 bits per heavy atom. The molecule has 0 aliphatic carbocycles. The van der Waals surface area contributed by atoms with Crippen molar-refractivity contribution < 1.29 is 23.8 Å². The molecule has 0 aliphatic heterocycles. The van der Waals surface area contributed by atoms with Crippen molar-refractivity contribution in [3.63, 3.8) is 0 Å². The first-order valence-corrected chi connectivity index (χ1v) is 8.75. The van der Waals surface area contributed by atoms with Crippen LogP contribution in [0.15, 0.2) is 42.5 Å². The van der Waals surface area contributed by atoms with Crippen molar-refractivity contribution in [1.82, 2.24) is 0 Å². The van der Waals surface area contributed by atoms with E-state index in [0.717, 1.165) is 0 Å². The van der Waals surface area contributed by atoms with Crippen molar-refractivity contribution in [3.8, 4) is 11.1 Å². The highest BCUT2D eigenvalue weighted by Crippen LogP contribution is 2.34. The number of Topliss-reactive ketones (excluding diaryl/α,β-unsaturated/α-hetero) is 1. The summed E-state index contributed by atoms with van der Waals surface area (Å²) in [7, 11) is 1.19. The summed E-state index contributed by atoms with van der Waals surface area (Å²) in [4.78, 5) is 22.8. The van der Waals surface area contributed by atoms with Gasteiger partial charge in [-0.15, -0.1) is 0 Å². The van der Waals surface area contributed by atoms with Gasteiger partial charge in [0.25, 0.3) is 0 Å². The Bertz CT molecular complexity index is 863. The molecule has 0 saturated carbocycles. The SMILES string of the molecule is COC(=O)CC(=O)CC(O)/C=C/c1c(Cl)cc(Cl)cc1-c1ccc(F)cc1. The maximum atomic E-state index is 13.2. The number of methoxy groups -OCH3 is 1. The number of hydrogen-bond acceptors (Lipinski definition) is 4. The molecule has 1 N–H and O–H groups in total. The fraction of sp³-hybridized carbons (Fsp3) is 0.200. The number of rotatable bonds is 7. The zero-order chi connectivity index (χ0) is 20.0. The first kappa shape index (κ1) is 21.1. The average Bonchev–Trinajstić information content (AvgIpc) is 2.60. The number of ether oxygens (including phenoxy) is 1. The number of aliphatic hydroxyl groups excluding tert-OH is 1. The number of benzene rings is 2. The average molecular weight is 411 g/mol. The summed E-state index contributed by atoms with van der Waals surface area (Å²) in [5.74, 6) is -1.47. The second kappa shape index (κ2) is 9.65. The molecular formula is C20H17Cl2FO4. The van der Waals surface area contributed by atoms with E-state index in [2.05, 4.69) is 4.74 Å². The summed E-state index contributed by atoms with van der Waals surface area (Å²) in [6, 6.07) is 9.03. The second-order valence-electron chi connectivity index (χ2n) is 5.78. The molecule has 2 aromatic rings. The third kappa shape index (κ3) is 6.17. The molecule has 0 fully saturated rings. The number of aliphatic hydroxyl groups is 1. The number of esters is 1. The molecule has 0 bridgehead atoms. The fourth-order valence-corrected chi connectivity index (χ4v) is 2.99. The second-order valence-corrected chi connectivity index (χ2v) is 6.62. The van der Waals surface area contributed by atoms with E-state index in [0.29, 0.717) is 26.7 Å². The van der Waals surface area contributed by atoms with Crippen LogP contribution in [0.1, 0.15) is 18.4 Å². The number of hydrogen-bond donors (Lipinski definition) is 1. The van der Waals surface area contributed by atoms with Gasteiger partial charge in [-0.1, -0.05) is 47.5 Å². The Balaban J connectivity index is 2.24. The van der Waals surface area contributed by atoms with Gasteiger partial charge in [-0.05, 0) is 35.4 Å². The van der Waals surface area contributed by atoms with Crippen LogP contribution >= 0.6 is 23.2 Å². The van der Waals surface area contributed by atoms with Gasteiger partial charge in [0.05, 0.1) is 13.2 Å². The van der Waals surface area contributed by atoms with Gasteiger partial charge < -0.3 is 9.84 Å².